The van der Waals surface area contributed by atoms with Crippen molar-refractivity contribution in [3.63, 3.8) is 0 Å². The molecule has 5 nitrogen and oxygen atoms in total. The Kier molecular flexibility index (Phi) is 5.90. The van der Waals surface area contributed by atoms with Gasteiger partial charge in [0.15, 0.2) is 0 Å². The molecule has 0 saturated heterocycles. The van der Waals surface area contributed by atoms with Gasteiger partial charge >= 0.3 is 0 Å². The number of hydroxylamine groups is 2. The van der Waals surface area contributed by atoms with Gasteiger partial charge in [-0.1, -0.05) is 36.4 Å². The molecule has 21 heavy (non-hydrogen) atoms. The van der Waals surface area contributed by atoms with E-state index in [1.165, 1.54) is 6.08 Å². The van der Waals surface area contributed by atoms with Crippen molar-refractivity contribution < 1.29 is 14.6 Å². The first-order chi connectivity index (χ1) is 9.72. The molecule has 6 heteroatoms. The molecule has 0 radical (unpaired) electrons. The van der Waals surface area contributed by atoms with Crippen molar-refractivity contribution in [1.82, 2.24) is 10.4 Å². The number of nitrogens with one attached hydrogen (secondary N) is 1. The highest BCUT2D eigenvalue weighted by atomic mass is 31.2. The molecule has 0 heterocycles. The van der Waals surface area contributed by atoms with Crippen LogP contribution in [0.4, 0.5) is 0 Å². The molecule has 1 aromatic carbocycles. The van der Waals surface area contributed by atoms with Crippen LogP contribution in [-0.2, 0) is 14.6 Å². The van der Waals surface area contributed by atoms with Gasteiger partial charge in [0.2, 0.25) is 0 Å². The lowest BCUT2D eigenvalue weighted by atomic mass is 10.1. The summed E-state index contributed by atoms with van der Waals surface area (Å²) in [5.41, 5.74) is 0.847. The van der Waals surface area contributed by atoms with Gasteiger partial charge in [-0.25, -0.2) is 5.06 Å². The third-order valence-corrected chi connectivity index (χ3v) is 6.16. The van der Waals surface area contributed by atoms with Crippen molar-refractivity contribution >= 4 is 13.0 Å². The molecule has 116 valence electrons. The Morgan fingerprint density at radius 1 is 1.43 bits per heavy atom. The summed E-state index contributed by atoms with van der Waals surface area (Å²) in [7, 11) is -2.60. The zero-order chi connectivity index (χ0) is 16.1. The number of carbonyl (C=O) groups is 1. The second-order valence-corrected chi connectivity index (χ2v) is 9.00. The van der Waals surface area contributed by atoms with E-state index in [-0.39, 0.29) is 13.1 Å². The van der Waals surface area contributed by atoms with Gasteiger partial charge in [-0.15, -0.1) is 6.58 Å². The maximum Gasteiger partial charge on any atom is 0.260 e. The third kappa shape index (κ3) is 4.27. The Labute approximate surface area is 126 Å². The van der Waals surface area contributed by atoms with Crippen LogP contribution in [0.25, 0.3) is 0 Å². The topological polar surface area (TPSA) is 69.6 Å². The standard InChI is InChI=1S/C15H23N2O3P/c1-5-11-17(19)14(18)12-16-15(2,21(3,4)20)13-9-7-6-8-10-13/h5-10,16,19H,1,11-12H2,2-4H3. The zero-order valence-electron chi connectivity index (χ0n) is 12.7. The Hall–Kier alpha value is -1.42. The molecule has 0 aliphatic carbocycles. The van der Waals surface area contributed by atoms with E-state index < -0.39 is 18.3 Å². The summed E-state index contributed by atoms with van der Waals surface area (Å²) in [4.78, 5) is 11.8. The number of rotatable bonds is 7. The second kappa shape index (κ2) is 7.03. The quantitative estimate of drug-likeness (QED) is 0.351. The highest BCUT2D eigenvalue weighted by molar-refractivity contribution is 7.63. The minimum atomic E-state index is -2.60. The first-order valence-corrected chi connectivity index (χ1v) is 9.28. The summed E-state index contributed by atoms with van der Waals surface area (Å²) in [5.74, 6) is -0.495. The third-order valence-electron chi connectivity index (χ3n) is 3.59. The summed E-state index contributed by atoms with van der Waals surface area (Å²) in [6.07, 6.45) is 1.43. The summed E-state index contributed by atoms with van der Waals surface area (Å²) in [6.45, 7) is 8.57. The largest absolute Gasteiger partial charge is 0.322 e. The normalized spacial score (nSPS) is 14.3. The zero-order valence-corrected chi connectivity index (χ0v) is 13.6. The minimum absolute atomic E-state index is 0.0540. The maximum absolute atomic E-state index is 12.7. The van der Waals surface area contributed by atoms with Gasteiger partial charge in [0, 0.05) is 0 Å². The van der Waals surface area contributed by atoms with Crippen LogP contribution in [-0.4, -0.2) is 42.6 Å². The van der Waals surface area contributed by atoms with Gasteiger partial charge in [0.1, 0.15) is 7.14 Å². The van der Waals surface area contributed by atoms with Gasteiger partial charge in [0.05, 0.1) is 18.4 Å². The number of benzene rings is 1. The lowest BCUT2D eigenvalue weighted by molar-refractivity contribution is -0.161. The summed E-state index contributed by atoms with van der Waals surface area (Å²) in [6, 6.07) is 9.35. The van der Waals surface area contributed by atoms with E-state index in [1.807, 2.05) is 37.3 Å². The molecule has 0 spiro atoms. The molecule has 0 fully saturated rings. The van der Waals surface area contributed by atoms with Crippen LogP contribution in [0.15, 0.2) is 43.0 Å². The second-order valence-electron chi connectivity index (χ2n) is 5.41. The van der Waals surface area contributed by atoms with Crippen LogP contribution in [0.1, 0.15) is 12.5 Å². The predicted molar refractivity (Wildman–Crippen MR) is 84.9 cm³/mol. The molecular weight excluding hydrogens is 287 g/mol. The SMILES string of the molecule is C=CCN(O)C(=O)CNC(C)(c1ccccc1)P(C)(C)=O. The fourth-order valence-corrected chi connectivity index (χ4v) is 3.16. The van der Waals surface area contributed by atoms with Crippen LogP contribution in [0.3, 0.4) is 0 Å². The average molecular weight is 310 g/mol. The first kappa shape index (κ1) is 17.6. The van der Waals surface area contributed by atoms with Gasteiger partial charge < -0.3 is 4.57 Å². The van der Waals surface area contributed by atoms with Gasteiger partial charge in [-0.05, 0) is 25.8 Å². The molecule has 0 bridgehead atoms. The van der Waals surface area contributed by atoms with Gasteiger partial charge in [-0.2, -0.15) is 0 Å². The van der Waals surface area contributed by atoms with Crippen molar-refractivity contribution in [2.45, 2.75) is 12.2 Å². The van der Waals surface area contributed by atoms with Crippen LogP contribution >= 0.6 is 7.14 Å². The number of carbonyl (C=O) groups excluding carboxylic acids is 1. The molecule has 1 aromatic rings. The smallest absolute Gasteiger partial charge is 0.260 e. The van der Waals surface area contributed by atoms with Crippen molar-refractivity contribution in [2.75, 3.05) is 26.4 Å². The van der Waals surface area contributed by atoms with E-state index in [1.54, 1.807) is 13.3 Å². The number of hydrogen-bond acceptors (Lipinski definition) is 4. The van der Waals surface area contributed by atoms with E-state index >= 15 is 0 Å². The van der Waals surface area contributed by atoms with E-state index in [9.17, 15) is 14.6 Å². The minimum Gasteiger partial charge on any atom is -0.322 e. The van der Waals surface area contributed by atoms with Crippen molar-refractivity contribution in [3.05, 3.63) is 48.6 Å². The van der Waals surface area contributed by atoms with Crippen LogP contribution in [0.2, 0.25) is 0 Å². The summed E-state index contributed by atoms with van der Waals surface area (Å²) < 4.78 is 12.7. The summed E-state index contributed by atoms with van der Waals surface area (Å²) >= 11 is 0. The fraction of sp³-hybridized carbons (Fsp3) is 0.400. The molecule has 0 aromatic heterocycles. The van der Waals surface area contributed by atoms with Crippen molar-refractivity contribution in [2.24, 2.45) is 0 Å². The molecule has 0 saturated carbocycles. The Morgan fingerprint density at radius 3 is 2.48 bits per heavy atom. The van der Waals surface area contributed by atoms with Crippen LogP contribution in [0, 0.1) is 0 Å². The Morgan fingerprint density at radius 2 is 2.00 bits per heavy atom. The maximum atomic E-state index is 12.7. The van der Waals surface area contributed by atoms with E-state index in [4.69, 9.17) is 0 Å². The van der Waals surface area contributed by atoms with Crippen LogP contribution < -0.4 is 5.32 Å². The predicted octanol–water partition coefficient (Wildman–Crippen LogP) is 2.48. The lowest BCUT2D eigenvalue weighted by Crippen LogP contribution is -2.45. The van der Waals surface area contributed by atoms with E-state index in [2.05, 4.69) is 11.9 Å². The van der Waals surface area contributed by atoms with Crippen molar-refractivity contribution in [1.29, 1.82) is 0 Å². The Balaban J connectivity index is 2.94. The Bertz CT molecular complexity index is 541. The van der Waals surface area contributed by atoms with Gasteiger partial charge in [0.25, 0.3) is 5.91 Å². The van der Waals surface area contributed by atoms with Crippen molar-refractivity contribution in [3.8, 4) is 0 Å². The van der Waals surface area contributed by atoms with Gasteiger partial charge in [-0.3, -0.25) is 15.3 Å². The lowest BCUT2D eigenvalue weighted by Gasteiger charge is -2.35. The number of amides is 1. The molecule has 0 aliphatic rings. The monoisotopic (exact) mass is 310 g/mol. The highest BCUT2D eigenvalue weighted by Crippen LogP contribution is 2.55. The molecule has 1 rings (SSSR count). The molecule has 1 unspecified atom stereocenters. The summed E-state index contributed by atoms with van der Waals surface area (Å²) in [5, 5.41) is 12.3. The fourth-order valence-electron chi connectivity index (χ4n) is 1.93. The molecule has 2 N–H and O–H groups in total. The van der Waals surface area contributed by atoms with E-state index in [0.717, 1.165) is 5.56 Å². The van der Waals surface area contributed by atoms with Crippen LogP contribution in [0.5, 0.6) is 0 Å². The first-order valence-electron chi connectivity index (χ1n) is 6.68. The molecular formula is C15H23N2O3P. The average Bonchev–Trinajstić information content (AvgIpc) is 2.44. The molecule has 1 amide bonds. The molecule has 1 atom stereocenters. The van der Waals surface area contributed by atoms with E-state index in [0.29, 0.717) is 5.06 Å². The highest BCUT2D eigenvalue weighted by Gasteiger charge is 2.38. The molecule has 0 aliphatic heterocycles. The number of nitrogens with zero attached hydrogens (tertiary/aromatic N) is 1. The number of hydrogen-bond donors (Lipinski definition) is 2.